The number of epoxide rings is 1. The largest absolute Gasteiger partial charge is 0.427 e. The minimum atomic E-state index is -0.221. The van der Waals surface area contributed by atoms with Crippen LogP contribution in [-0.4, -0.2) is 42.8 Å². The van der Waals surface area contributed by atoms with Gasteiger partial charge in [0.25, 0.3) is 0 Å². The maximum absolute atomic E-state index is 5.35. The van der Waals surface area contributed by atoms with Crippen molar-refractivity contribution < 1.29 is 13.9 Å². The Morgan fingerprint density at radius 1 is 1.58 bits per heavy atom. The summed E-state index contributed by atoms with van der Waals surface area (Å²) in [6.45, 7) is 2.55. The van der Waals surface area contributed by atoms with Gasteiger partial charge in [0.05, 0.1) is 13.2 Å². The van der Waals surface area contributed by atoms with Crippen LogP contribution in [-0.2, 0) is 13.9 Å². The Hall–Kier alpha value is 0.0969. The van der Waals surface area contributed by atoms with Crippen LogP contribution in [0, 0.1) is 0 Å². The molecule has 1 fully saturated rings. The van der Waals surface area contributed by atoms with Crippen LogP contribution < -0.4 is 0 Å². The van der Waals surface area contributed by atoms with E-state index in [1.807, 2.05) is 0 Å². The molecule has 0 aromatic heterocycles. The Morgan fingerprint density at radius 2 is 2.33 bits per heavy atom. The number of rotatable bonds is 7. The van der Waals surface area contributed by atoms with Crippen molar-refractivity contribution in [1.82, 2.24) is 0 Å². The summed E-state index contributed by atoms with van der Waals surface area (Å²) >= 11 is 0. The number of hydrogen-bond donors (Lipinski definition) is 0. The van der Waals surface area contributed by atoms with E-state index in [2.05, 4.69) is 0 Å². The van der Waals surface area contributed by atoms with E-state index in [-0.39, 0.29) is 17.2 Å². The lowest BCUT2D eigenvalue weighted by molar-refractivity contribution is 0.117. The van der Waals surface area contributed by atoms with Gasteiger partial charge in [-0.3, -0.25) is 0 Å². The van der Waals surface area contributed by atoms with E-state index in [1.165, 1.54) is 6.04 Å². The second-order valence-electron chi connectivity index (χ2n) is 2.73. The zero-order valence-electron chi connectivity index (χ0n) is 7.04. The van der Waals surface area contributed by atoms with Gasteiger partial charge in [0.2, 0.25) is 0 Å². The predicted molar refractivity (Wildman–Crippen MR) is 52.3 cm³/mol. The summed E-state index contributed by atoms with van der Waals surface area (Å²) in [5, 5.41) is 0. The molecule has 0 N–H and O–H groups in total. The number of ether oxygens (including phenoxy) is 2. The summed E-state index contributed by atoms with van der Waals surface area (Å²) in [6, 6.07) is 1.22. The van der Waals surface area contributed by atoms with Crippen molar-refractivity contribution >= 4 is 9.76 Å². The highest BCUT2D eigenvalue weighted by molar-refractivity contribution is 6.26. The first-order chi connectivity index (χ1) is 5.43. The third-order valence-electron chi connectivity index (χ3n) is 1.59. The van der Waals surface area contributed by atoms with Crippen molar-refractivity contribution in [3.8, 4) is 0 Å². The molecule has 0 amide bonds. The third-order valence-corrected chi connectivity index (χ3v) is 2.79. The standard InChI is InChI=1S/C7H16O3Si.CH4/c1-8-11-4-2-3-9-5-7-6-10-7;/h7H,2-6,11H2,1H3;1H4. The molecule has 1 atom stereocenters. The van der Waals surface area contributed by atoms with Crippen LogP contribution in [0.25, 0.3) is 0 Å². The van der Waals surface area contributed by atoms with Crippen molar-refractivity contribution in [2.75, 3.05) is 26.9 Å². The zero-order valence-corrected chi connectivity index (χ0v) is 8.46. The summed E-state index contributed by atoms with van der Waals surface area (Å²) < 4.78 is 15.4. The highest BCUT2D eigenvalue weighted by atomic mass is 28.2. The normalized spacial score (nSPS) is 21.2. The molecule has 74 valence electrons. The Balaban J connectivity index is 0.00000121. The maximum Gasteiger partial charge on any atom is 0.161 e. The summed E-state index contributed by atoms with van der Waals surface area (Å²) in [7, 11) is 1.56. The molecule has 1 saturated heterocycles. The molecule has 0 bridgehead atoms. The van der Waals surface area contributed by atoms with Gasteiger partial charge in [0.15, 0.2) is 9.76 Å². The average Bonchev–Trinajstić information content (AvgIpc) is 2.80. The van der Waals surface area contributed by atoms with Crippen molar-refractivity contribution in [1.29, 1.82) is 0 Å². The molecule has 1 rings (SSSR count). The van der Waals surface area contributed by atoms with E-state index in [4.69, 9.17) is 13.9 Å². The minimum Gasteiger partial charge on any atom is -0.427 e. The summed E-state index contributed by atoms with van der Waals surface area (Å²) in [5.74, 6) is 0. The van der Waals surface area contributed by atoms with Crippen molar-refractivity contribution in [2.24, 2.45) is 0 Å². The second-order valence-corrected chi connectivity index (χ2v) is 4.42. The molecular weight excluding hydrogens is 172 g/mol. The van der Waals surface area contributed by atoms with E-state index in [0.717, 1.165) is 26.2 Å². The zero-order chi connectivity index (χ0) is 7.94. The SMILES string of the molecule is C.CO[SiH2]CCCOCC1CO1. The van der Waals surface area contributed by atoms with Crippen molar-refractivity contribution in [2.45, 2.75) is 26.0 Å². The molecule has 1 unspecified atom stereocenters. The van der Waals surface area contributed by atoms with Gasteiger partial charge >= 0.3 is 0 Å². The van der Waals surface area contributed by atoms with Crippen LogP contribution in [0.2, 0.25) is 6.04 Å². The molecule has 1 aliphatic heterocycles. The van der Waals surface area contributed by atoms with Crippen molar-refractivity contribution in [3.05, 3.63) is 0 Å². The van der Waals surface area contributed by atoms with Gasteiger partial charge in [-0.1, -0.05) is 7.43 Å². The fourth-order valence-corrected chi connectivity index (χ4v) is 1.53. The van der Waals surface area contributed by atoms with Gasteiger partial charge in [-0.15, -0.1) is 0 Å². The Bertz CT molecular complexity index is 96.3. The first kappa shape index (κ1) is 12.1. The lowest BCUT2D eigenvalue weighted by atomic mass is 10.5. The summed E-state index contributed by atoms with van der Waals surface area (Å²) in [6.07, 6.45) is 1.56. The van der Waals surface area contributed by atoms with E-state index < -0.39 is 0 Å². The van der Waals surface area contributed by atoms with Crippen LogP contribution in [0.1, 0.15) is 13.8 Å². The molecule has 1 heterocycles. The maximum atomic E-state index is 5.35. The van der Waals surface area contributed by atoms with Crippen LogP contribution >= 0.6 is 0 Å². The molecule has 4 heteroatoms. The van der Waals surface area contributed by atoms with Crippen LogP contribution in [0.5, 0.6) is 0 Å². The first-order valence-electron chi connectivity index (χ1n) is 4.12. The lowest BCUT2D eigenvalue weighted by Gasteiger charge is -2.00. The molecule has 0 spiro atoms. The van der Waals surface area contributed by atoms with Gasteiger partial charge in [0, 0.05) is 13.7 Å². The van der Waals surface area contributed by atoms with Crippen LogP contribution in [0.4, 0.5) is 0 Å². The van der Waals surface area contributed by atoms with Crippen molar-refractivity contribution in [3.63, 3.8) is 0 Å². The predicted octanol–water partition coefficient (Wildman–Crippen LogP) is 0.576. The Kier molecular flexibility index (Phi) is 7.79. The summed E-state index contributed by atoms with van der Waals surface area (Å²) in [4.78, 5) is 0. The fourth-order valence-electron chi connectivity index (χ4n) is 0.830. The van der Waals surface area contributed by atoms with E-state index in [9.17, 15) is 0 Å². The fraction of sp³-hybridized carbons (Fsp3) is 1.00. The quantitative estimate of drug-likeness (QED) is 0.336. The molecule has 1 aliphatic rings. The van der Waals surface area contributed by atoms with Crippen LogP contribution in [0.15, 0.2) is 0 Å². The average molecular weight is 192 g/mol. The van der Waals surface area contributed by atoms with Crippen LogP contribution in [0.3, 0.4) is 0 Å². The van der Waals surface area contributed by atoms with Gasteiger partial charge in [0.1, 0.15) is 6.10 Å². The molecule has 0 saturated carbocycles. The minimum absolute atomic E-state index is 0. The Labute approximate surface area is 77.3 Å². The topological polar surface area (TPSA) is 31.0 Å². The lowest BCUT2D eigenvalue weighted by Crippen LogP contribution is -2.03. The van der Waals surface area contributed by atoms with Gasteiger partial charge in [-0.2, -0.15) is 0 Å². The molecule has 0 radical (unpaired) electrons. The van der Waals surface area contributed by atoms with E-state index in [0.29, 0.717) is 6.10 Å². The first-order valence-corrected chi connectivity index (χ1v) is 5.69. The highest BCUT2D eigenvalue weighted by Crippen LogP contribution is 2.08. The molecule has 0 aromatic rings. The van der Waals surface area contributed by atoms with Gasteiger partial charge in [-0.05, 0) is 12.5 Å². The van der Waals surface area contributed by atoms with E-state index >= 15 is 0 Å². The molecule has 0 aromatic carbocycles. The second kappa shape index (κ2) is 7.73. The monoisotopic (exact) mass is 192 g/mol. The molecular formula is C8H20O3Si. The van der Waals surface area contributed by atoms with Gasteiger partial charge < -0.3 is 13.9 Å². The molecule has 12 heavy (non-hydrogen) atoms. The van der Waals surface area contributed by atoms with Gasteiger partial charge in [-0.25, -0.2) is 0 Å². The number of hydrogen-bond acceptors (Lipinski definition) is 3. The van der Waals surface area contributed by atoms with E-state index in [1.54, 1.807) is 7.11 Å². The third kappa shape index (κ3) is 6.79. The summed E-state index contributed by atoms with van der Waals surface area (Å²) in [5.41, 5.74) is 0. The highest BCUT2D eigenvalue weighted by Gasteiger charge is 2.21. The smallest absolute Gasteiger partial charge is 0.161 e. The molecule has 0 aliphatic carbocycles. The Morgan fingerprint density at radius 3 is 2.92 bits per heavy atom. The molecule has 3 nitrogen and oxygen atoms in total.